The van der Waals surface area contributed by atoms with E-state index < -0.39 is 0 Å². The highest BCUT2D eigenvalue weighted by atomic mass is 16.5. The molecule has 13 heavy (non-hydrogen) atoms. The number of H-pyrrole nitrogens is 2. The second-order valence-electron chi connectivity index (χ2n) is 2.41. The van der Waals surface area contributed by atoms with Crippen LogP contribution in [0, 0.1) is 0 Å². The second-order valence-corrected chi connectivity index (χ2v) is 2.41. The van der Waals surface area contributed by atoms with Gasteiger partial charge in [-0.3, -0.25) is 9.78 Å². The van der Waals surface area contributed by atoms with E-state index >= 15 is 0 Å². The number of fused-ring (bicyclic) bond motifs is 1. The van der Waals surface area contributed by atoms with E-state index in [2.05, 4.69) is 19.9 Å². The number of hydrogen-bond acceptors (Lipinski definition) is 4. The minimum Gasteiger partial charge on any atom is -0.465 e. The predicted octanol–water partition coefficient (Wildman–Crippen LogP) is 0.0449. The lowest BCUT2D eigenvalue weighted by Gasteiger charge is -1.98. The van der Waals surface area contributed by atoms with E-state index in [1.165, 1.54) is 6.33 Å². The Bertz CT molecular complexity index is 473. The second kappa shape index (κ2) is 2.89. The third-order valence-electron chi connectivity index (χ3n) is 1.56. The Hall–Kier alpha value is -1.85. The van der Waals surface area contributed by atoms with Crippen LogP contribution in [0.5, 0.6) is 6.01 Å². The third kappa shape index (κ3) is 1.26. The predicted molar refractivity (Wildman–Crippen MR) is 45.7 cm³/mol. The summed E-state index contributed by atoms with van der Waals surface area (Å²) in [6, 6.07) is 0.201. The molecule has 0 aliphatic heterocycles. The largest absolute Gasteiger partial charge is 0.465 e. The van der Waals surface area contributed by atoms with Crippen molar-refractivity contribution in [2.45, 2.75) is 6.92 Å². The molecule has 2 heterocycles. The molecule has 0 spiro atoms. The molecule has 2 rings (SSSR count). The normalized spacial score (nSPS) is 10.5. The lowest BCUT2D eigenvalue weighted by atomic mass is 10.5. The first-order chi connectivity index (χ1) is 6.31. The molecule has 0 unspecified atom stereocenters. The molecule has 0 aliphatic rings. The van der Waals surface area contributed by atoms with Crippen LogP contribution in [0.2, 0.25) is 0 Å². The summed E-state index contributed by atoms with van der Waals surface area (Å²) >= 11 is 0. The fourth-order valence-electron chi connectivity index (χ4n) is 1.03. The molecule has 6 heteroatoms. The van der Waals surface area contributed by atoms with Gasteiger partial charge in [-0.1, -0.05) is 0 Å². The molecule has 2 aromatic rings. The summed E-state index contributed by atoms with van der Waals surface area (Å²) < 4.78 is 5.04. The molecule has 0 saturated heterocycles. The first-order valence-electron chi connectivity index (χ1n) is 3.87. The number of ether oxygens (including phenoxy) is 1. The van der Waals surface area contributed by atoms with Crippen molar-refractivity contribution in [1.29, 1.82) is 0 Å². The molecule has 0 bridgehead atoms. The number of nitrogens with zero attached hydrogens (tertiary/aromatic N) is 2. The number of aromatic amines is 2. The number of aromatic nitrogens is 4. The standard InChI is InChI=1S/C7H8N4O2/c1-2-13-7-10-5-4(6(12)11-7)8-3-9-5/h3H,2H2,1H3,(H2,8,9,10,11,12). The van der Waals surface area contributed by atoms with Gasteiger partial charge in [-0.25, -0.2) is 4.98 Å². The number of nitrogens with one attached hydrogen (secondary N) is 2. The van der Waals surface area contributed by atoms with Crippen LogP contribution in [0.15, 0.2) is 11.1 Å². The summed E-state index contributed by atoms with van der Waals surface area (Å²) in [6.07, 6.45) is 1.42. The zero-order chi connectivity index (χ0) is 9.26. The monoisotopic (exact) mass is 180 g/mol. The van der Waals surface area contributed by atoms with Gasteiger partial charge in [-0.05, 0) is 6.92 Å². The van der Waals surface area contributed by atoms with E-state index in [-0.39, 0.29) is 11.6 Å². The van der Waals surface area contributed by atoms with Gasteiger partial charge in [-0.15, -0.1) is 0 Å². The Labute approximate surface area is 73.0 Å². The molecular weight excluding hydrogens is 172 g/mol. The van der Waals surface area contributed by atoms with E-state index in [1.807, 2.05) is 6.92 Å². The van der Waals surface area contributed by atoms with E-state index in [0.29, 0.717) is 17.8 Å². The molecule has 68 valence electrons. The minimum atomic E-state index is -0.272. The number of rotatable bonds is 2. The van der Waals surface area contributed by atoms with Gasteiger partial charge in [0.05, 0.1) is 12.9 Å². The highest BCUT2D eigenvalue weighted by Crippen LogP contribution is 2.03. The van der Waals surface area contributed by atoms with Gasteiger partial charge in [0.1, 0.15) is 0 Å². The van der Waals surface area contributed by atoms with Gasteiger partial charge in [0.2, 0.25) is 0 Å². The zero-order valence-electron chi connectivity index (χ0n) is 7.00. The van der Waals surface area contributed by atoms with Crippen molar-refractivity contribution in [2.24, 2.45) is 0 Å². The molecule has 0 atom stereocenters. The van der Waals surface area contributed by atoms with Gasteiger partial charge in [0.25, 0.3) is 11.6 Å². The molecule has 0 amide bonds. The molecule has 2 aromatic heterocycles. The van der Waals surface area contributed by atoms with E-state index in [1.54, 1.807) is 0 Å². The molecule has 0 aromatic carbocycles. The summed E-state index contributed by atoms with van der Waals surface area (Å²) in [5.41, 5.74) is 0.460. The molecule has 2 N–H and O–H groups in total. The van der Waals surface area contributed by atoms with Crippen LogP contribution in [-0.4, -0.2) is 26.5 Å². The Morgan fingerprint density at radius 1 is 1.62 bits per heavy atom. The summed E-state index contributed by atoms with van der Waals surface area (Å²) in [6.45, 7) is 2.27. The van der Waals surface area contributed by atoms with Crippen LogP contribution < -0.4 is 10.3 Å². The average molecular weight is 180 g/mol. The zero-order valence-corrected chi connectivity index (χ0v) is 7.00. The van der Waals surface area contributed by atoms with Crippen LogP contribution in [0.3, 0.4) is 0 Å². The molecule has 0 fully saturated rings. The van der Waals surface area contributed by atoms with Crippen molar-refractivity contribution in [3.05, 3.63) is 16.7 Å². The first-order valence-corrected chi connectivity index (χ1v) is 3.87. The van der Waals surface area contributed by atoms with E-state index in [4.69, 9.17) is 4.74 Å². The van der Waals surface area contributed by atoms with Gasteiger partial charge in [0.15, 0.2) is 11.2 Å². The van der Waals surface area contributed by atoms with Gasteiger partial charge in [0, 0.05) is 0 Å². The Morgan fingerprint density at radius 2 is 2.46 bits per heavy atom. The third-order valence-corrected chi connectivity index (χ3v) is 1.56. The van der Waals surface area contributed by atoms with Crippen molar-refractivity contribution in [3.8, 4) is 6.01 Å². The van der Waals surface area contributed by atoms with E-state index in [0.717, 1.165) is 0 Å². The van der Waals surface area contributed by atoms with Gasteiger partial charge >= 0.3 is 0 Å². The van der Waals surface area contributed by atoms with Crippen LogP contribution in [0.25, 0.3) is 11.2 Å². The molecule has 0 saturated carbocycles. The highest BCUT2D eigenvalue weighted by Gasteiger charge is 2.04. The van der Waals surface area contributed by atoms with Crippen LogP contribution in [0.1, 0.15) is 6.92 Å². The fraction of sp³-hybridized carbons (Fsp3) is 0.286. The minimum absolute atomic E-state index is 0.201. The summed E-state index contributed by atoms with van der Waals surface area (Å²) in [5.74, 6) is 0. The van der Waals surface area contributed by atoms with Crippen molar-refractivity contribution >= 4 is 11.2 Å². The lowest BCUT2D eigenvalue weighted by molar-refractivity contribution is 0.313. The van der Waals surface area contributed by atoms with Crippen LogP contribution >= 0.6 is 0 Å². The Kier molecular flexibility index (Phi) is 1.73. The molecule has 6 nitrogen and oxygen atoms in total. The summed E-state index contributed by atoms with van der Waals surface area (Å²) in [7, 11) is 0. The van der Waals surface area contributed by atoms with Crippen molar-refractivity contribution in [3.63, 3.8) is 0 Å². The SMILES string of the molecule is CCOc1nc2nc[nH]c2c(=O)[nH]1. The lowest BCUT2D eigenvalue weighted by Crippen LogP contribution is -2.10. The molecular formula is C7H8N4O2. The topological polar surface area (TPSA) is 83.7 Å². The Morgan fingerprint density at radius 3 is 3.23 bits per heavy atom. The summed E-state index contributed by atoms with van der Waals surface area (Å²) in [4.78, 5) is 24.3. The Balaban J connectivity index is 2.63. The summed E-state index contributed by atoms with van der Waals surface area (Å²) in [5, 5.41) is 0. The molecule has 0 radical (unpaired) electrons. The quantitative estimate of drug-likeness (QED) is 0.683. The highest BCUT2D eigenvalue weighted by molar-refractivity contribution is 5.68. The maximum absolute atomic E-state index is 11.3. The van der Waals surface area contributed by atoms with Crippen molar-refractivity contribution < 1.29 is 4.74 Å². The molecule has 0 aliphatic carbocycles. The first kappa shape index (κ1) is 7.78. The van der Waals surface area contributed by atoms with Crippen molar-refractivity contribution in [2.75, 3.05) is 6.61 Å². The fourth-order valence-corrected chi connectivity index (χ4v) is 1.03. The van der Waals surface area contributed by atoms with Crippen LogP contribution in [0.4, 0.5) is 0 Å². The number of hydrogen-bond donors (Lipinski definition) is 2. The van der Waals surface area contributed by atoms with Crippen molar-refractivity contribution in [1.82, 2.24) is 19.9 Å². The van der Waals surface area contributed by atoms with Crippen LogP contribution in [-0.2, 0) is 0 Å². The average Bonchev–Trinajstić information content (AvgIpc) is 2.53. The van der Waals surface area contributed by atoms with Gasteiger partial charge < -0.3 is 9.72 Å². The smallest absolute Gasteiger partial charge is 0.298 e. The maximum Gasteiger partial charge on any atom is 0.298 e. The van der Waals surface area contributed by atoms with Gasteiger partial charge in [-0.2, -0.15) is 4.98 Å². The maximum atomic E-state index is 11.3. The number of imidazole rings is 1. The van der Waals surface area contributed by atoms with E-state index in [9.17, 15) is 4.79 Å².